The summed E-state index contributed by atoms with van der Waals surface area (Å²) in [6.07, 6.45) is 0.524. The lowest BCUT2D eigenvalue weighted by molar-refractivity contribution is -0.116. The minimum absolute atomic E-state index is 0.0726. The molecule has 1 fully saturated rings. The fraction of sp³-hybridized carbons (Fsp3) is 0.278. The Bertz CT molecular complexity index is 624. The van der Waals surface area contributed by atoms with Crippen molar-refractivity contribution in [1.29, 1.82) is 0 Å². The number of anilines is 1. The average Bonchev–Trinajstić information content (AvgIpc) is 2.57. The first kappa shape index (κ1) is 15.1. The summed E-state index contributed by atoms with van der Waals surface area (Å²) >= 11 is 1.91. The third-order valence-corrected chi connectivity index (χ3v) is 4.85. The Kier molecular flexibility index (Phi) is 5.14. The molecule has 2 aromatic rings. The van der Waals surface area contributed by atoms with Crippen LogP contribution in [0.4, 0.5) is 5.69 Å². The maximum Gasteiger partial charge on any atom is 0.225 e. The number of thioether (sulfide) groups is 1. The Labute approximate surface area is 135 Å². The average molecular weight is 312 g/mol. The van der Waals surface area contributed by atoms with Crippen molar-refractivity contribution in [1.82, 2.24) is 5.32 Å². The Balaban J connectivity index is 1.71. The molecule has 2 aromatic carbocycles. The predicted octanol–water partition coefficient (Wildman–Crippen LogP) is 3.39. The molecule has 1 heterocycles. The van der Waals surface area contributed by atoms with Crippen LogP contribution in [0, 0.1) is 0 Å². The van der Waals surface area contributed by atoms with Crippen LogP contribution in [0.1, 0.15) is 6.42 Å². The van der Waals surface area contributed by atoms with Gasteiger partial charge in [0.05, 0.1) is 0 Å². The maximum absolute atomic E-state index is 12.3. The van der Waals surface area contributed by atoms with Crippen LogP contribution in [0.2, 0.25) is 0 Å². The highest BCUT2D eigenvalue weighted by Crippen LogP contribution is 2.27. The van der Waals surface area contributed by atoms with E-state index in [1.807, 2.05) is 54.2 Å². The molecule has 1 aliphatic rings. The van der Waals surface area contributed by atoms with Crippen molar-refractivity contribution in [2.24, 2.45) is 0 Å². The van der Waals surface area contributed by atoms with Gasteiger partial charge in [0, 0.05) is 41.8 Å². The number of amides is 1. The van der Waals surface area contributed by atoms with Gasteiger partial charge >= 0.3 is 0 Å². The minimum atomic E-state index is 0.0726. The molecule has 1 unspecified atom stereocenters. The van der Waals surface area contributed by atoms with Crippen LogP contribution in [0.3, 0.4) is 0 Å². The van der Waals surface area contributed by atoms with Gasteiger partial charge in [-0.3, -0.25) is 4.79 Å². The number of nitrogens with one attached hydrogen (secondary N) is 2. The molecule has 22 heavy (non-hydrogen) atoms. The summed E-state index contributed by atoms with van der Waals surface area (Å²) in [5.41, 5.74) is 3.05. The fourth-order valence-electron chi connectivity index (χ4n) is 2.64. The number of carbonyl (C=O) groups excluding carboxylic acids is 1. The summed E-state index contributed by atoms with van der Waals surface area (Å²) in [7, 11) is 0. The Hall–Kier alpha value is -1.78. The molecule has 3 rings (SSSR count). The molecule has 0 radical (unpaired) electrons. The van der Waals surface area contributed by atoms with Crippen molar-refractivity contribution < 1.29 is 4.79 Å². The Morgan fingerprint density at radius 2 is 1.91 bits per heavy atom. The first-order chi connectivity index (χ1) is 10.8. The number of rotatable bonds is 4. The number of carbonyl (C=O) groups is 1. The molecule has 0 bridgehead atoms. The van der Waals surface area contributed by atoms with Crippen LogP contribution in [-0.4, -0.2) is 30.0 Å². The first-order valence-electron chi connectivity index (χ1n) is 7.58. The van der Waals surface area contributed by atoms with Crippen LogP contribution in [0.5, 0.6) is 0 Å². The van der Waals surface area contributed by atoms with Gasteiger partial charge in [-0.05, 0) is 11.6 Å². The molecule has 0 saturated carbocycles. The lowest BCUT2D eigenvalue weighted by Crippen LogP contribution is -2.39. The van der Waals surface area contributed by atoms with E-state index in [1.54, 1.807) is 0 Å². The van der Waals surface area contributed by atoms with Crippen LogP contribution in [0.15, 0.2) is 54.6 Å². The summed E-state index contributed by atoms with van der Waals surface area (Å²) in [4.78, 5) is 12.3. The van der Waals surface area contributed by atoms with Crippen molar-refractivity contribution in [3.63, 3.8) is 0 Å². The number of hydrogen-bond acceptors (Lipinski definition) is 3. The molecule has 2 N–H and O–H groups in total. The zero-order chi connectivity index (χ0) is 15.2. The summed E-state index contributed by atoms with van der Waals surface area (Å²) in [5, 5.41) is 6.47. The Morgan fingerprint density at radius 3 is 2.68 bits per heavy atom. The fourth-order valence-corrected chi connectivity index (χ4v) is 3.59. The number of benzene rings is 2. The monoisotopic (exact) mass is 312 g/mol. The lowest BCUT2D eigenvalue weighted by Gasteiger charge is -2.22. The van der Waals surface area contributed by atoms with E-state index in [0.29, 0.717) is 6.42 Å². The SMILES string of the molecule is O=C(CC1CSCCN1)Nc1ccccc1-c1ccccc1. The quantitative estimate of drug-likeness (QED) is 0.909. The predicted molar refractivity (Wildman–Crippen MR) is 94.2 cm³/mol. The second-order valence-electron chi connectivity index (χ2n) is 5.39. The normalized spacial score (nSPS) is 17.9. The maximum atomic E-state index is 12.3. The molecule has 1 saturated heterocycles. The smallest absolute Gasteiger partial charge is 0.225 e. The topological polar surface area (TPSA) is 41.1 Å². The van der Waals surface area contributed by atoms with Crippen molar-refractivity contribution in [3.05, 3.63) is 54.6 Å². The molecule has 0 spiro atoms. The van der Waals surface area contributed by atoms with Gasteiger partial charge in [-0.25, -0.2) is 0 Å². The van der Waals surface area contributed by atoms with Gasteiger partial charge in [-0.2, -0.15) is 11.8 Å². The number of para-hydroxylation sites is 1. The van der Waals surface area contributed by atoms with Crippen LogP contribution >= 0.6 is 11.8 Å². The van der Waals surface area contributed by atoms with Crippen LogP contribution in [-0.2, 0) is 4.79 Å². The summed E-state index contributed by atoms with van der Waals surface area (Å²) in [6.45, 7) is 0.989. The second kappa shape index (κ2) is 7.47. The summed E-state index contributed by atoms with van der Waals surface area (Å²) < 4.78 is 0. The van der Waals surface area contributed by atoms with Gasteiger partial charge in [0.25, 0.3) is 0 Å². The molecule has 0 aliphatic carbocycles. The van der Waals surface area contributed by atoms with E-state index in [0.717, 1.165) is 34.9 Å². The Morgan fingerprint density at radius 1 is 1.14 bits per heavy atom. The molecule has 3 nitrogen and oxygen atoms in total. The van der Waals surface area contributed by atoms with Crippen molar-refractivity contribution in [2.75, 3.05) is 23.4 Å². The third kappa shape index (κ3) is 3.90. The molecule has 0 aromatic heterocycles. The zero-order valence-corrected chi connectivity index (χ0v) is 13.2. The zero-order valence-electron chi connectivity index (χ0n) is 12.4. The summed E-state index contributed by atoms with van der Waals surface area (Å²) in [6, 6.07) is 18.4. The molecule has 1 aliphatic heterocycles. The van der Waals surface area contributed by atoms with Gasteiger partial charge in [0.2, 0.25) is 5.91 Å². The standard InChI is InChI=1S/C18H20N2OS/c21-18(12-15-13-22-11-10-19-15)20-17-9-5-4-8-16(17)14-6-2-1-3-7-14/h1-9,15,19H,10-13H2,(H,20,21). The third-order valence-electron chi connectivity index (χ3n) is 3.72. The first-order valence-corrected chi connectivity index (χ1v) is 8.74. The molecule has 1 amide bonds. The minimum Gasteiger partial charge on any atom is -0.325 e. The number of hydrogen-bond donors (Lipinski definition) is 2. The molecule has 1 atom stereocenters. The van der Waals surface area contributed by atoms with Gasteiger partial charge in [0.15, 0.2) is 0 Å². The second-order valence-corrected chi connectivity index (χ2v) is 6.54. The largest absolute Gasteiger partial charge is 0.325 e. The van der Waals surface area contributed by atoms with Crippen molar-refractivity contribution in [2.45, 2.75) is 12.5 Å². The highest BCUT2D eigenvalue weighted by molar-refractivity contribution is 7.99. The van der Waals surface area contributed by atoms with E-state index in [2.05, 4.69) is 22.8 Å². The molecular formula is C18H20N2OS. The molecular weight excluding hydrogens is 292 g/mol. The van der Waals surface area contributed by atoms with E-state index in [9.17, 15) is 4.79 Å². The van der Waals surface area contributed by atoms with E-state index < -0.39 is 0 Å². The molecule has 114 valence electrons. The van der Waals surface area contributed by atoms with Crippen LogP contribution in [0.25, 0.3) is 11.1 Å². The van der Waals surface area contributed by atoms with Gasteiger partial charge in [-0.1, -0.05) is 48.5 Å². The van der Waals surface area contributed by atoms with E-state index in [-0.39, 0.29) is 11.9 Å². The van der Waals surface area contributed by atoms with Gasteiger partial charge < -0.3 is 10.6 Å². The van der Waals surface area contributed by atoms with E-state index >= 15 is 0 Å². The van der Waals surface area contributed by atoms with Crippen LogP contribution < -0.4 is 10.6 Å². The van der Waals surface area contributed by atoms with E-state index in [1.165, 1.54) is 0 Å². The van der Waals surface area contributed by atoms with Gasteiger partial charge in [0.1, 0.15) is 0 Å². The van der Waals surface area contributed by atoms with Gasteiger partial charge in [-0.15, -0.1) is 0 Å². The van der Waals surface area contributed by atoms with Crippen molar-refractivity contribution in [3.8, 4) is 11.1 Å². The highest BCUT2D eigenvalue weighted by Gasteiger charge is 2.17. The van der Waals surface area contributed by atoms with Crippen molar-refractivity contribution >= 4 is 23.4 Å². The molecule has 4 heteroatoms. The van der Waals surface area contributed by atoms with E-state index in [4.69, 9.17) is 0 Å². The highest BCUT2D eigenvalue weighted by atomic mass is 32.2. The summed E-state index contributed by atoms with van der Waals surface area (Å²) in [5.74, 6) is 2.21. The lowest BCUT2D eigenvalue weighted by atomic mass is 10.0.